The molecule has 2 aromatic rings. The molecule has 2 aromatic heterocycles. The van der Waals surface area contributed by atoms with Gasteiger partial charge in [0.2, 0.25) is 5.91 Å². The van der Waals surface area contributed by atoms with Gasteiger partial charge in [-0.05, 0) is 16.5 Å². The molecular weight excluding hydrogens is 290 g/mol. The molecule has 2 heterocycles. The molecule has 2 rings (SSSR count). The summed E-state index contributed by atoms with van der Waals surface area (Å²) in [5.74, 6) is 5.78. The molecule has 21 heavy (non-hydrogen) atoms. The van der Waals surface area contributed by atoms with Crippen LogP contribution in [0.25, 0.3) is 0 Å². The maximum atomic E-state index is 12.0. The fraction of sp³-hybridized carbons (Fsp3) is 0.385. The average molecular weight is 305 g/mol. The quantitative estimate of drug-likeness (QED) is 0.794. The van der Waals surface area contributed by atoms with Gasteiger partial charge in [-0.3, -0.25) is 4.79 Å². The van der Waals surface area contributed by atoms with E-state index in [-0.39, 0.29) is 19.1 Å². The normalized spacial score (nSPS) is 10.0. The van der Waals surface area contributed by atoms with E-state index in [4.69, 9.17) is 5.11 Å². The second-order valence-corrected chi connectivity index (χ2v) is 5.33. The van der Waals surface area contributed by atoms with Crippen LogP contribution < -0.4 is 0 Å². The van der Waals surface area contributed by atoms with Crippen LogP contribution in [0.2, 0.25) is 0 Å². The fourth-order valence-corrected chi connectivity index (χ4v) is 2.45. The predicted molar refractivity (Wildman–Crippen MR) is 77.2 cm³/mol. The topological polar surface area (TPSA) is 84.1 Å². The molecule has 0 aromatic carbocycles. The van der Waals surface area contributed by atoms with Crippen LogP contribution >= 0.6 is 11.3 Å². The summed E-state index contributed by atoms with van der Waals surface area (Å²) in [6.45, 7) is 0.712. The van der Waals surface area contributed by atoms with Gasteiger partial charge in [0, 0.05) is 29.3 Å². The number of amides is 1. The minimum atomic E-state index is -0.0661. The van der Waals surface area contributed by atoms with Crippen molar-refractivity contribution in [2.24, 2.45) is 0 Å². The van der Waals surface area contributed by atoms with E-state index in [0.717, 1.165) is 10.4 Å². The van der Waals surface area contributed by atoms with Crippen LogP contribution in [0.4, 0.5) is 0 Å². The standard InChI is InChI=1S/C13H15N5O2S/c1-17(13(20)8-18-10-14-15-16-18)7-12-6-11(9-21-12)4-2-3-5-19/h6,9-10,19H,3,5,7-8H2,1H3. The first-order valence-corrected chi connectivity index (χ1v) is 7.19. The Hall–Kier alpha value is -2.24. The lowest BCUT2D eigenvalue weighted by Crippen LogP contribution is -2.29. The zero-order valence-electron chi connectivity index (χ0n) is 11.6. The number of likely N-dealkylation sites (N-methyl/N-ethyl adjacent to an activating group) is 1. The Labute approximate surface area is 126 Å². The van der Waals surface area contributed by atoms with Gasteiger partial charge < -0.3 is 10.0 Å². The van der Waals surface area contributed by atoms with Gasteiger partial charge in [-0.1, -0.05) is 11.8 Å². The Morgan fingerprint density at radius 3 is 3.14 bits per heavy atom. The lowest BCUT2D eigenvalue weighted by molar-refractivity contribution is -0.131. The Kier molecular flexibility index (Phi) is 5.43. The molecule has 0 aliphatic rings. The van der Waals surface area contributed by atoms with Gasteiger partial charge in [0.05, 0.1) is 13.2 Å². The number of thiophene rings is 1. The van der Waals surface area contributed by atoms with E-state index in [1.165, 1.54) is 11.0 Å². The summed E-state index contributed by atoms with van der Waals surface area (Å²) in [4.78, 5) is 14.7. The Bertz CT molecular complexity index is 641. The summed E-state index contributed by atoms with van der Waals surface area (Å²) in [6, 6.07) is 1.95. The van der Waals surface area contributed by atoms with Crippen LogP contribution in [0.5, 0.6) is 0 Å². The van der Waals surface area contributed by atoms with Crippen LogP contribution in [0, 0.1) is 11.8 Å². The van der Waals surface area contributed by atoms with Crippen molar-refractivity contribution in [2.45, 2.75) is 19.5 Å². The van der Waals surface area contributed by atoms with Crippen molar-refractivity contribution in [1.29, 1.82) is 0 Å². The minimum Gasteiger partial charge on any atom is -0.395 e. The molecule has 0 bridgehead atoms. The maximum absolute atomic E-state index is 12.0. The van der Waals surface area contributed by atoms with Crippen LogP contribution in [0.15, 0.2) is 17.8 Å². The number of carbonyl (C=O) groups is 1. The van der Waals surface area contributed by atoms with Crippen molar-refractivity contribution in [3.05, 3.63) is 28.2 Å². The summed E-state index contributed by atoms with van der Waals surface area (Å²) >= 11 is 1.56. The lowest BCUT2D eigenvalue weighted by Gasteiger charge is -2.15. The van der Waals surface area contributed by atoms with Gasteiger partial charge in [-0.25, -0.2) is 4.68 Å². The number of carbonyl (C=O) groups excluding carboxylic acids is 1. The second kappa shape index (κ2) is 7.52. The highest BCUT2D eigenvalue weighted by molar-refractivity contribution is 7.10. The number of tetrazole rings is 1. The van der Waals surface area contributed by atoms with E-state index < -0.39 is 0 Å². The highest BCUT2D eigenvalue weighted by Crippen LogP contribution is 2.15. The van der Waals surface area contributed by atoms with Crippen LogP contribution in [-0.2, 0) is 17.9 Å². The number of aliphatic hydroxyl groups is 1. The summed E-state index contributed by atoms with van der Waals surface area (Å²) in [6.07, 6.45) is 1.88. The molecule has 0 aliphatic carbocycles. The van der Waals surface area contributed by atoms with Crippen LogP contribution in [0.1, 0.15) is 16.9 Å². The molecule has 0 saturated heterocycles. The molecule has 7 nitrogen and oxygen atoms in total. The third-order valence-corrected chi connectivity index (χ3v) is 3.55. The van der Waals surface area contributed by atoms with E-state index in [1.54, 1.807) is 23.3 Å². The monoisotopic (exact) mass is 305 g/mol. The molecule has 0 unspecified atom stereocenters. The maximum Gasteiger partial charge on any atom is 0.244 e. The zero-order chi connectivity index (χ0) is 15.1. The predicted octanol–water partition coefficient (Wildman–Crippen LogP) is 0.127. The molecular formula is C13H15N5O2S. The summed E-state index contributed by atoms with van der Waals surface area (Å²) in [5.41, 5.74) is 0.907. The number of hydrogen-bond acceptors (Lipinski definition) is 6. The van der Waals surface area contributed by atoms with Gasteiger partial charge in [-0.2, -0.15) is 0 Å². The van der Waals surface area contributed by atoms with Crippen LogP contribution in [0.3, 0.4) is 0 Å². The Morgan fingerprint density at radius 1 is 1.57 bits per heavy atom. The number of aromatic nitrogens is 4. The number of rotatable bonds is 5. The van der Waals surface area contributed by atoms with E-state index in [2.05, 4.69) is 27.4 Å². The van der Waals surface area contributed by atoms with E-state index in [9.17, 15) is 4.79 Å². The highest BCUT2D eigenvalue weighted by Gasteiger charge is 2.11. The average Bonchev–Trinajstić information content (AvgIpc) is 3.11. The van der Waals surface area contributed by atoms with Crippen LogP contribution in [-0.4, -0.2) is 49.8 Å². The molecule has 0 fully saturated rings. The van der Waals surface area contributed by atoms with Crippen molar-refractivity contribution < 1.29 is 9.90 Å². The third-order valence-electron chi connectivity index (χ3n) is 2.63. The number of aliphatic hydroxyl groups excluding tert-OH is 1. The van der Waals surface area contributed by atoms with Crippen molar-refractivity contribution in [3.63, 3.8) is 0 Å². The SMILES string of the molecule is CN(Cc1cc(C#CCCO)cs1)C(=O)Cn1cnnn1. The van der Waals surface area contributed by atoms with Crippen molar-refractivity contribution >= 4 is 17.2 Å². The molecule has 110 valence electrons. The van der Waals surface area contributed by atoms with Crippen molar-refractivity contribution in [1.82, 2.24) is 25.1 Å². The van der Waals surface area contributed by atoms with Gasteiger partial charge in [0.15, 0.2) is 0 Å². The highest BCUT2D eigenvalue weighted by atomic mass is 32.1. The molecule has 0 spiro atoms. The Balaban J connectivity index is 1.89. The minimum absolute atomic E-state index is 0.0661. The molecule has 1 N–H and O–H groups in total. The van der Waals surface area contributed by atoms with E-state index >= 15 is 0 Å². The zero-order valence-corrected chi connectivity index (χ0v) is 12.4. The van der Waals surface area contributed by atoms with E-state index in [0.29, 0.717) is 13.0 Å². The first-order valence-electron chi connectivity index (χ1n) is 6.31. The smallest absolute Gasteiger partial charge is 0.244 e. The first kappa shape index (κ1) is 15.2. The van der Waals surface area contributed by atoms with Gasteiger partial charge in [-0.15, -0.1) is 16.4 Å². The van der Waals surface area contributed by atoms with Gasteiger partial charge in [0.1, 0.15) is 12.9 Å². The summed E-state index contributed by atoms with van der Waals surface area (Å²) < 4.78 is 1.39. The number of nitrogens with zero attached hydrogens (tertiary/aromatic N) is 5. The largest absolute Gasteiger partial charge is 0.395 e. The fourth-order valence-electron chi connectivity index (χ4n) is 1.58. The number of hydrogen-bond donors (Lipinski definition) is 1. The first-order chi connectivity index (χ1) is 10.2. The molecule has 1 amide bonds. The molecule has 0 aliphatic heterocycles. The third kappa shape index (κ3) is 4.66. The van der Waals surface area contributed by atoms with Gasteiger partial charge >= 0.3 is 0 Å². The summed E-state index contributed by atoms with van der Waals surface area (Å²) in [7, 11) is 1.74. The van der Waals surface area contributed by atoms with E-state index in [1.807, 2.05) is 11.4 Å². The van der Waals surface area contributed by atoms with Crippen molar-refractivity contribution in [2.75, 3.05) is 13.7 Å². The molecule has 0 radical (unpaired) electrons. The molecule has 0 saturated carbocycles. The van der Waals surface area contributed by atoms with Crippen molar-refractivity contribution in [3.8, 4) is 11.8 Å². The Morgan fingerprint density at radius 2 is 2.43 bits per heavy atom. The lowest BCUT2D eigenvalue weighted by atomic mass is 10.3. The molecule has 8 heteroatoms. The summed E-state index contributed by atoms with van der Waals surface area (Å²) in [5, 5.41) is 21.3. The second-order valence-electron chi connectivity index (χ2n) is 4.33. The van der Waals surface area contributed by atoms with Gasteiger partial charge in [0.25, 0.3) is 0 Å². The molecule has 0 atom stereocenters.